The summed E-state index contributed by atoms with van der Waals surface area (Å²) in [4.78, 5) is 34.3. The zero-order valence-corrected chi connectivity index (χ0v) is 15.6. The largest absolute Gasteiger partial charge is 0.478 e. The molecule has 0 radical (unpaired) electrons. The Labute approximate surface area is 158 Å². The number of anilines is 1. The predicted molar refractivity (Wildman–Crippen MR) is 103 cm³/mol. The van der Waals surface area contributed by atoms with Crippen LogP contribution >= 0.6 is 0 Å². The van der Waals surface area contributed by atoms with Gasteiger partial charge < -0.3 is 14.9 Å². The van der Waals surface area contributed by atoms with Crippen LogP contribution in [0.2, 0.25) is 0 Å². The maximum atomic E-state index is 12.9. The molecule has 142 valence electrons. The van der Waals surface area contributed by atoms with Crippen LogP contribution in [0.25, 0.3) is 0 Å². The van der Waals surface area contributed by atoms with Gasteiger partial charge in [-0.05, 0) is 37.9 Å². The Balaban J connectivity index is 1.83. The predicted octanol–water partition coefficient (Wildman–Crippen LogP) is 1.69. The summed E-state index contributed by atoms with van der Waals surface area (Å²) in [5.74, 6) is -0.943. The molecule has 0 unspecified atom stereocenters. The van der Waals surface area contributed by atoms with Crippen molar-refractivity contribution >= 4 is 17.6 Å². The van der Waals surface area contributed by atoms with Crippen molar-refractivity contribution in [3.8, 4) is 0 Å². The van der Waals surface area contributed by atoms with E-state index >= 15 is 0 Å². The number of nitrogens with zero attached hydrogens (tertiary/aromatic N) is 4. The van der Waals surface area contributed by atoms with Crippen LogP contribution in [-0.4, -0.2) is 65.5 Å². The summed E-state index contributed by atoms with van der Waals surface area (Å²) in [6.07, 6.45) is 1.50. The maximum absolute atomic E-state index is 12.9. The van der Waals surface area contributed by atoms with Crippen molar-refractivity contribution < 1.29 is 14.7 Å². The molecule has 2 heterocycles. The number of aromatic nitrogens is 1. The van der Waals surface area contributed by atoms with Crippen molar-refractivity contribution in [1.82, 2.24) is 14.8 Å². The summed E-state index contributed by atoms with van der Waals surface area (Å²) in [7, 11) is 3.98. The minimum atomic E-state index is -0.981. The molecule has 27 heavy (non-hydrogen) atoms. The minimum absolute atomic E-state index is 0.0381. The molecule has 2 aromatic rings. The Morgan fingerprint density at radius 3 is 2.74 bits per heavy atom. The van der Waals surface area contributed by atoms with Crippen LogP contribution < -0.4 is 4.90 Å². The van der Waals surface area contributed by atoms with E-state index in [2.05, 4.69) is 9.88 Å². The highest BCUT2D eigenvalue weighted by Gasteiger charge is 2.26. The van der Waals surface area contributed by atoms with Gasteiger partial charge in [0.25, 0.3) is 0 Å². The second-order valence-electron chi connectivity index (χ2n) is 6.96. The molecule has 1 aliphatic rings. The molecule has 3 rings (SSSR count). The number of fused-ring (bicyclic) bond motifs is 1. The highest BCUT2D eigenvalue weighted by Crippen LogP contribution is 2.26. The van der Waals surface area contributed by atoms with Gasteiger partial charge >= 0.3 is 5.97 Å². The fraction of sp³-hybridized carbons (Fsp3) is 0.350. The van der Waals surface area contributed by atoms with Gasteiger partial charge in [-0.15, -0.1) is 0 Å². The van der Waals surface area contributed by atoms with Crippen molar-refractivity contribution in [2.24, 2.45) is 0 Å². The smallest absolute Gasteiger partial charge is 0.335 e. The molecule has 1 aromatic carbocycles. The lowest BCUT2D eigenvalue weighted by atomic mass is 10.1. The van der Waals surface area contributed by atoms with Gasteiger partial charge in [0.05, 0.1) is 17.8 Å². The van der Waals surface area contributed by atoms with E-state index in [1.54, 1.807) is 6.07 Å². The number of carbonyl (C=O) groups is 2. The molecule has 1 aliphatic heterocycles. The molecule has 1 aromatic heterocycles. The first-order valence-corrected chi connectivity index (χ1v) is 8.87. The van der Waals surface area contributed by atoms with E-state index < -0.39 is 5.97 Å². The number of amides is 1. The van der Waals surface area contributed by atoms with Gasteiger partial charge in [-0.1, -0.05) is 18.2 Å². The standard InChI is InChI=1S/C20H24N4O3/c1-22(2)9-10-24-18-6-4-3-5-16(18)12-23(14-19(24)25)13-17-11-15(20(26)27)7-8-21-17/h3-8,11H,9-10,12-14H2,1-2H3,(H,26,27). The van der Waals surface area contributed by atoms with Gasteiger partial charge in [0.2, 0.25) is 5.91 Å². The summed E-state index contributed by atoms with van der Waals surface area (Å²) in [5, 5.41) is 9.16. The molecule has 0 atom stereocenters. The number of pyridine rings is 1. The fourth-order valence-corrected chi connectivity index (χ4v) is 3.20. The third-order valence-electron chi connectivity index (χ3n) is 4.56. The van der Waals surface area contributed by atoms with E-state index in [4.69, 9.17) is 5.11 Å². The molecular weight excluding hydrogens is 344 g/mol. The molecule has 0 saturated carbocycles. The highest BCUT2D eigenvalue weighted by atomic mass is 16.4. The molecule has 0 saturated heterocycles. The average Bonchev–Trinajstić information content (AvgIpc) is 2.75. The van der Waals surface area contributed by atoms with Crippen LogP contribution in [0.1, 0.15) is 21.6 Å². The average molecular weight is 368 g/mol. The Morgan fingerprint density at radius 2 is 2.00 bits per heavy atom. The van der Waals surface area contributed by atoms with Crippen LogP contribution in [0.5, 0.6) is 0 Å². The first-order chi connectivity index (χ1) is 12.9. The number of carboxylic acid groups (broad SMARTS) is 1. The summed E-state index contributed by atoms with van der Waals surface area (Å²) in [6.45, 7) is 2.70. The number of carbonyl (C=O) groups excluding carboxylic acids is 1. The SMILES string of the molecule is CN(C)CCN1C(=O)CN(Cc2cc(C(=O)O)ccn2)Cc2ccccc21. The van der Waals surface area contributed by atoms with Crippen LogP contribution in [0.3, 0.4) is 0 Å². The summed E-state index contributed by atoms with van der Waals surface area (Å²) in [6, 6.07) is 11.0. The quantitative estimate of drug-likeness (QED) is 0.836. The zero-order valence-electron chi connectivity index (χ0n) is 15.6. The topological polar surface area (TPSA) is 77.0 Å². The van der Waals surface area contributed by atoms with Crippen LogP contribution in [0, 0.1) is 0 Å². The van der Waals surface area contributed by atoms with Crippen molar-refractivity contribution in [2.45, 2.75) is 13.1 Å². The van der Waals surface area contributed by atoms with E-state index in [0.29, 0.717) is 25.3 Å². The number of hydrogen-bond acceptors (Lipinski definition) is 5. The van der Waals surface area contributed by atoms with E-state index in [9.17, 15) is 9.59 Å². The highest BCUT2D eigenvalue weighted by molar-refractivity contribution is 5.96. The summed E-state index contributed by atoms with van der Waals surface area (Å²) < 4.78 is 0. The lowest BCUT2D eigenvalue weighted by Gasteiger charge is -2.24. The van der Waals surface area contributed by atoms with Gasteiger partial charge in [-0.3, -0.25) is 14.7 Å². The first-order valence-electron chi connectivity index (χ1n) is 8.87. The number of para-hydroxylation sites is 1. The molecule has 1 N–H and O–H groups in total. The third kappa shape index (κ3) is 4.69. The van der Waals surface area contributed by atoms with Crippen LogP contribution in [0.15, 0.2) is 42.6 Å². The van der Waals surface area contributed by atoms with Crippen LogP contribution in [-0.2, 0) is 17.9 Å². The van der Waals surface area contributed by atoms with E-state index in [0.717, 1.165) is 17.8 Å². The number of aromatic carboxylic acids is 1. The molecular formula is C20H24N4O3. The minimum Gasteiger partial charge on any atom is -0.478 e. The second-order valence-corrected chi connectivity index (χ2v) is 6.96. The Kier molecular flexibility index (Phi) is 5.83. The maximum Gasteiger partial charge on any atom is 0.335 e. The molecule has 0 spiro atoms. The van der Waals surface area contributed by atoms with Crippen LogP contribution in [0.4, 0.5) is 5.69 Å². The molecule has 0 aliphatic carbocycles. The number of hydrogen-bond donors (Lipinski definition) is 1. The zero-order chi connectivity index (χ0) is 19.4. The van der Waals surface area contributed by atoms with Gasteiger partial charge in [-0.2, -0.15) is 0 Å². The summed E-state index contributed by atoms with van der Waals surface area (Å²) >= 11 is 0. The van der Waals surface area contributed by atoms with Crippen molar-refractivity contribution in [3.63, 3.8) is 0 Å². The molecule has 7 heteroatoms. The molecule has 1 amide bonds. The molecule has 0 bridgehead atoms. The van der Waals surface area contributed by atoms with Crippen molar-refractivity contribution in [3.05, 3.63) is 59.4 Å². The van der Waals surface area contributed by atoms with Gasteiger partial charge in [0.1, 0.15) is 0 Å². The number of benzene rings is 1. The number of likely N-dealkylation sites (N-methyl/N-ethyl adjacent to an activating group) is 1. The molecule has 0 fully saturated rings. The monoisotopic (exact) mass is 368 g/mol. The van der Waals surface area contributed by atoms with Crippen molar-refractivity contribution in [1.29, 1.82) is 0 Å². The first kappa shape index (κ1) is 19.0. The Morgan fingerprint density at radius 1 is 1.22 bits per heavy atom. The van der Waals surface area contributed by atoms with Crippen molar-refractivity contribution in [2.75, 3.05) is 38.6 Å². The molecule has 7 nitrogen and oxygen atoms in total. The normalized spacial score (nSPS) is 14.9. The van der Waals surface area contributed by atoms with Gasteiger partial charge in [0.15, 0.2) is 0 Å². The summed E-state index contributed by atoms with van der Waals surface area (Å²) in [5.41, 5.74) is 2.87. The lowest BCUT2D eigenvalue weighted by Crippen LogP contribution is -2.40. The van der Waals surface area contributed by atoms with E-state index in [-0.39, 0.29) is 18.0 Å². The number of carboxylic acids is 1. The Bertz CT molecular complexity index is 837. The third-order valence-corrected chi connectivity index (χ3v) is 4.56. The van der Waals surface area contributed by atoms with Gasteiger partial charge in [0, 0.05) is 38.1 Å². The lowest BCUT2D eigenvalue weighted by molar-refractivity contribution is -0.119. The fourth-order valence-electron chi connectivity index (χ4n) is 3.20. The van der Waals surface area contributed by atoms with Gasteiger partial charge in [-0.25, -0.2) is 4.79 Å². The van der Waals surface area contributed by atoms with E-state index in [1.807, 2.05) is 48.2 Å². The second kappa shape index (κ2) is 8.28. The number of rotatable bonds is 6. The Hall–Kier alpha value is -2.77. The van der Waals surface area contributed by atoms with E-state index in [1.165, 1.54) is 12.3 Å².